The van der Waals surface area contributed by atoms with Crippen molar-refractivity contribution >= 4 is 24.0 Å². The van der Waals surface area contributed by atoms with Crippen LogP contribution in [0, 0.1) is 17.0 Å². The number of hydrogen-bond donors (Lipinski definition) is 1. The number of nitrogens with two attached hydrogens (primary N) is 1. The van der Waals surface area contributed by atoms with Crippen LogP contribution in [0.3, 0.4) is 0 Å². The highest BCUT2D eigenvalue weighted by Crippen LogP contribution is 2.24. The summed E-state index contributed by atoms with van der Waals surface area (Å²) in [4.78, 5) is 25.3. The minimum atomic E-state index is -0.556. The normalized spacial score (nSPS) is 10.2. The summed E-state index contributed by atoms with van der Waals surface area (Å²) in [5.41, 5.74) is 6.48. The molecule has 9 heteroatoms. The van der Waals surface area contributed by atoms with Gasteiger partial charge in [-0.05, 0) is 25.5 Å². The Morgan fingerprint density at radius 1 is 1.36 bits per heavy atom. The van der Waals surface area contributed by atoms with Gasteiger partial charge >= 0.3 is 5.69 Å². The molecule has 0 aliphatic rings. The molecule has 0 bridgehead atoms. The number of aromatic nitrogens is 2. The van der Waals surface area contributed by atoms with Crippen molar-refractivity contribution in [3.63, 3.8) is 0 Å². The minimum Gasteiger partial charge on any atom is -0.333 e. The van der Waals surface area contributed by atoms with Gasteiger partial charge in [0, 0.05) is 20.1 Å². The van der Waals surface area contributed by atoms with E-state index < -0.39 is 10.8 Å². The fourth-order valence-corrected chi connectivity index (χ4v) is 2.59. The minimum absolute atomic E-state index is 0. The zero-order valence-corrected chi connectivity index (χ0v) is 15.0. The lowest BCUT2D eigenvalue weighted by molar-refractivity contribution is -0.385. The van der Waals surface area contributed by atoms with Crippen molar-refractivity contribution in [1.82, 2.24) is 14.7 Å². The maximum atomic E-state index is 12.9. The summed E-state index contributed by atoms with van der Waals surface area (Å²) in [5, 5.41) is 15.3. The average Bonchev–Trinajstić information content (AvgIpc) is 2.86. The Hall–Kier alpha value is -2.45. The number of rotatable bonds is 7. The smallest absolute Gasteiger partial charge is 0.322 e. The van der Waals surface area contributed by atoms with Crippen LogP contribution >= 0.6 is 12.4 Å². The van der Waals surface area contributed by atoms with Gasteiger partial charge in [-0.15, -0.1) is 12.4 Å². The zero-order valence-electron chi connectivity index (χ0n) is 14.2. The molecule has 0 fully saturated rings. The van der Waals surface area contributed by atoms with E-state index in [2.05, 4.69) is 5.10 Å². The highest BCUT2D eigenvalue weighted by atomic mass is 35.5. The first kappa shape index (κ1) is 20.6. The Morgan fingerprint density at radius 2 is 2.00 bits per heavy atom. The van der Waals surface area contributed by atoms with E-state index >= 15 is 0 Å². The molecular formula is C16H22ClN5O3. The lowest BCUT2D eigenvalue weighted by Crippen LogP contribution is -2.34. The van der Waals surface area contributed by atoms with Gasteiger partial charge in [-0.3, -0.25) is 19.6 Å². The molecule has 1 heterocycles. The van der Waals surface area contributed by atoms with Crippen LogP contribution in [0.1, 0.15) is 28.2 Å². The molecule has 2 aromatic rings. The summed E-state index contributed by atoms with van der Waals surface area (Å²) in [6.45, 7) is 2.74. The third-order valence-corrected chi connectivity index (χ3v) is 3.71. The lowest BCUT2D eigenvalue weighted by atomic mass is 10.2. The Bertz CT molecular complexity index is 733. The van der Waals surface area contributed by atoms with Gasteiger partial charge in [-0.1, -0.05) is 30.3 Å². The molecule has 8 nitrogen and oxygen atoms in total. The third-order valence-electron chi connectivity index (χ3n) is 3.71. The molecule has 0 radical (unpaired) electrons. The molecule has 0 atom stereocenters. The van der Waals surface area contributed by atoms with Gasteiger partial charge in [0.1, 0.15) is 5.69 Å². The molecule has 0 saturated heterocycles. The van der Waals surface area contributed by atoms with Gasteiger partial charge in [0.2, 0.25) is 5.69 Å². The molecule has 0 aliphatic carbocycles. The van der Waals surface area contributed by atoms with Crippen molar-refractivity contribution in [3.8, 4) is 0 Å². The quantitative estimate of drug-likeness (QED) is 0.595. The molecule has 1 aromatic carbocycles. The number of hydrogen-bond acceptors (Lipinski definition) is 5. The monoisotopic (exact) mass is 367 g/mol. The number of benzene rings is 1. The Labute approximate surface area is 152 Å². The number of carbonyl (C=O) groups is 1. The van der Waals surface area contributed by atoms with Crippen molar-refractivity contribution in [3.05, 3.63) is 57.4 Å². The van der Waals surface area contributed by atoms with Gasteiger partial charge in [-0.2, -0.15) is 5.10 Å². The van der Waals surface area contributed by atoms with E-state index in [1.807, 2.05) is 30.3 Å². The molecule has 2 rings (SSSR count). The number of aryl methyl sites for hydroxylation is 2. The zero-order chi connectivity index (χ0) is 17.7. The molecule has 0 unspecified atom stereocenters. The first-order valence-corrected chi connectivity index (χ1v) is 7.67. The number of nitro groups is 1. The standard InChI is InChI=1S/C16H21N5O3.ClH/c1-12-14(21(23)24)15(19(2)18-12)16(22)20(10-6-9-17)11-13-7-4-3-5-8-13;/h3-5,7-8H,6,9-11,17H2,1-2H3;1H. The van der Waals surface area contributed by atoms with E-state index in [4.69, 9.17) is 5.73 Å². The number of halogens is 1. The van der Waals surface area contributed by atoms with E-state index in [9.17, 15) is 14.9 Å². The third kappa shape index (κ3) is 4.77. The average molecular weight is 368 g/mol. The molecule has 0 saturated carbocycles. The lowest BCUT2D eigenvalue weighted by Gasteiger charge is -2.22. The molecule has 0 aliphatic heterocycles. The van der Waals surface area contributed by atoms with Crippen LogP contribution in [0.4, 0.5) is 5.69 Å². The van der Waals surface area contributed by atoms with Crippen molar-refractivity contribution in [2.24, 2.45) is 12.8 Å². The van der Waals surface area contributed by atoms with Crippen LogP contribution in [-0.4, -0.2) is 38.6 Å². The number of carbonyl (C=O) groups excluding carboxylic acids is 1. The van der Waals surface area contributed by atoms with Crippen molar-refractivity contribution < 1.29 is 9.72 Å². The van der Waals surface area contributed by atoms with E-state index in [1.54, 1.807) is 4.90 Å². The maximum absolute atomic E-state index is 12.9. The second kappa shape index (κ2) is 9.14. The highest BCUT2D eigenvalue weighted by Gasteiger charge is 2.32. The second-order valence-electron chi connectivity index (χ2n) is 5.52. The Balaban J connectivity index is 0.00000312. The second-order valence-corrected chi connectivity index (χ2v) is 5.52. The van der Waals surface area contributed by atoms with Gasteiger partial charge in [0.05, 0.1) is 4.92 Å². The molecule has 1 aromatic heterocycles. The summed E-state index contributed by atoms with van der Waals surface area (Å²) >= 11 is 0. The Kier molecular flexibility index (Phi) is 7.53. The molecular weight excluding hydrogens is 346 g/mol. The van der Waals surface area contributed by atoms with E-state index in [0.29, 0.717) is 26.1 Å². The van der Waals surface area contributed by atoms with Crippen LogP contribution in [0.15, 0.2) is 30.3 Å². The summed E-state index contributed by atoms with van der Waals surface area (Å²) < 4.78 is 1.27. The topological polar surface area (TPSA) is 107 Å². The van der Waals surface area contributed by atoms with Crippen LogP contribution in [0.5, 0.6) is 0 Å². The number of nitrogens with zero attached hydrogens (tertiary/aromatic N) is 4. The summed E-state index contributed by atoms with van der Waals surface area (Å²) in [6.07, 6.45) is 0.614. The van der Waals surface area contributed by atoms with E-state index in [0.717, 1.165) is 5.56 Å². The van der Waals surface area contributed by atoms with Gasteiger partial charge in [0.15, 0.2) is 0 Å². The van der Waals surface area contributed by atoms with E-state index in [1.165, 1.54) is 18.7 Å². The summed E-state index contributed by atoms with van der Waals surface area (Å²) in [6, 6.07) is 9.48. The van der Waals surface area contributed by atoms with Crippen LogP contribution < -0.4 is 5.73 Å². The molecule has 25 heavy (non-hydrogen) atoms. The molecule has 0 spiro atoms. The number of amides is 1. The summed E-state index contributed by atoms with van der Waals surface area (Å²) in [5.74, 6) is -0.415. The Morgan fingerprint density at radius 3 is 2.56 bits per heavy atom. The maximum Gasteiger partial charge on any atom is 0.322 e. The van der Waals surface area contributed by atoms with Gasteiger partial charge in [0.25, 0.3) is 5.91 Å². The predicted octanol–water partition coefficient (Wildman–Crippen LogP) is 2.05. The molecule has 2 N–H and O–H groups in total. The van der Waals surface area contributed by atoms with Crippen LogP contribution in [-0.2, 0) is 13.6 Å². The molecule has 136 valence electrons. The van der Waals surface area contributed by atoms with Crippen molar-refractivity contribution in [1.29, 1.82) is 0 Å². The van der Waals surface area contributed by atoms with Crippen molar-refractivity contribution in [2.75, 3.05) is 13.1 Å². The highest BCUT2D eigenvalue weighted by molar-refractivity contribution is 5.96. The van der Waals surface area contributed by atoms with Crippen molar-refractivity contribution in [2.45, 2.75) is 19.9 Å². The summed E-state index contributed by atoms with van der Waals surface area (Å²) in [7, 11) is 1.54. The fourth-order valence-electron chi connectivity index (χ4n) is 2.59. The largest absolute Gasteiger partial charge is 0.333 e. The van der Waals surface area contributed by atoms with Gasteiger partial charge < -0.3 is 10.6 Å². The first-order valence-electron chi connectivity index (χ1n) is 7.67. The fraction of sp³-hybridized carbons (Fsp3) is 0.375. The van der Waals surface area contributed by atoms with Crippen LogP contribution in [0.25, 0.3) is 0 Å². The SMILES string of the molecule is Cc1nn(C)c(C(=O)N(CCCN)Cc2ccccc2)c1[N+](=O)[O-].Cl. The molecule has 1 amide bonds. The van der Waals surface area contributed by atoms with Crippen LogP contribution in [0.2, 0.25) is 0 Å². The predicted molar refractivity (Wildman–Crippen MR) is 96.7 cm³/mol. The first-order chi connectivity index (χ1) is 11.5. The van der Waals surface area contributed by atoms with Gasteiger partial charge in [-0.25, -0.2) is 0 Å². The van der Waals surface area contributed by atoms with E-state index in [-0.39, 0.29) is 29.5 Å².